The highest BCUT2D eigenvalue weighted by molar-refractivity contribution is 6.63. The fourth-order valence-corrected chi connectivity index (χ4v) is 1.48. The molecule has 0 aliphatic carbocycles. The first kappa shape index (κ1) is 12.2. The van der Waals surface area contributed by atoms with Crippen LogP contribution in [0.15, 0.2) is 24.3 Å². The van der Waals surface area contributed by atoms with E-state index in [9.17, 15) is 9.59 Å². The Morgan fingerprint density at radius 3 is 1.93 bits per heavy atom. The average molecular weight is 245 g/mol. The molecule has 0 atom stereocenters. The van der Waals surface area contributed by atoms with E-state index in [-0.39, 0.29) is 16.9 Å². The second-order valence-electron chi connectivity index (χ2n) is 3.20. The number of carbonyl (C=O) groups is 2. The molecular formula is C11H10Cl2O2. The quantitative estimate of drug-likeness (QED) is 0.747. The van der Waals surface area contributed by atoms with Crippen LogP contribution < -0.4 is 0 Å². The maximum Gasteiger partial charge on any atom is 0.226 e. The first-order chi connectivity index (χ1) is 7.08. The summed E-state index contributed by atoms with van der Waals surface area (Å²) in [5.74, 6) is 0. The highest BCUT2D eigenvalue weighted by atomic mass is 35.5. The van der Waals surface area contributed by atoms with Gasteiger partial charge >= 0.3 is 0 Å². The van der Waals surface area contributed by atoms with Crippen LogP contribution in [0.25, 0.3) is 0 Å². The molecule has 15 heavy (non-hydrogen) atoms. The van der Waals surface area contributed by atoms with Crippen molar-refractivity contribution in [2.24, 2.45) is 0 Å². The number of carbonyl (C=O) groups excluding carboxylic acids is 2. The fourth-order valence-electron chi connectivity index (χ4n) is 1.23. The van der Waals surface area contributed by atoms with E-state index in [0.717, 1.165) is 11.1 Å². The molecule has 0 aromatic heterocycles. The summed E-state index contributed by atoms with van der Waals surface area (Å²) in [6, 6.07) is 7.40. The lowest BCUT2D eigenvalue weighted by molar-refractivity contribution is -0.112. The van der Waals surface area contributed by atoms with Gasteiger partial charge in [-0.05, 0) is 40.7 Å². The molecule has 1 rings (SSSR count). The Morgan fingerprint density at radius 2 is 1.47 bits per heavy atom. The molecule has 0 N–H and O–H groups in total. The lowest BCUT2D eigenvalue weighted by Gasteiger charge is -2.00. The summed E-state index contributed by atoms with van der Waals surface area (Å²) in [6.45, 7) is 0. The lowest BCUT2D eigenvalue weighted by Crippen LogP contribution is -1.95. The zero-order valence-corrected chi connectivity index (χ0v) is 9.52. The average Bonchev–Trinajstić information content (AvgIpc) is 2.16. The van der Waals surface area contributed by atoms with Crippen LogP contribution in [0.1, 0.15) is 17.5 Å². The van der Waals surface area contributed by atoms with Gasteiger partial charge in [0, 0.05) is 12.8 Å². The highest BCUT2D eigenvalue weighted by Crippen LogP contribution is 2.09. The van der Waals surface area contributed by atoms with Crippen LogP contribution in [0.4, 0.5) is 0 Å². The Bertz CT molecular complexity index is 357. The summed E-state index contributed by atoms with van der Waals surface area (Å²) in [7, 11) is 0. The third-order valence-electron chi connectivity index (χ3n) is 1.98. The van der Waals surface area contributed by atoms with E-state index in [1.165, 1.54) is 0 Å². The second-order valence-corrected chi connectivity index (χ2v) is 4.05. The monoisotopic (exact) mass is 244 g/mol. The summed E-state index contributed by atoms with van der Waals surface area (Å²) in [6.07, 6.45) is 1.18. The van der Waals surface area contributed by atoms with Crippen LogP contribution in [0.3, 0.4) is 0 Å². The Labute approximate surface area is 98.2 Å². The van der Waals surface area contributed by atoms with Crippen molar-refractivity contribution in [2.75, 3.05) is 0 Å². The van der Waals surface area contributed by atoms with Gasteiger partial charge in [0.1, 0.15) is 0 Å². The molecule has 4 heteroatoms. The summed E-state index contributed by atoms with van der Waals surface area (Å²) < 4.78 is 0. The van der Waals surface area contributed by atoms with Gasteiger partial charge in [-0.25, -0.2) is 0 Å². The summed E-state index contributed by atoms with van der Waals surface area (Å²) >= 11 is 10.5. The second kappa shape index (κ2) is 5.89. The molecule has 0 spiro atoms. The number of halogens is 2. The molecule has 0 aliphatic heterocycles. The summed E-state index contributed by atoms with van der Waals surface area (Å²) in [5.41, 5.74) is 1.89. The van der Waals surface area contributed by atoms with Gasteiger partial charge in [-0.15, -0.1) is 0 Å². The van der Waals surface area contributed by atoms with Gasteiger partial charge in [-0.2, -0.15) is 0 Å². The van der Waals surface area contributed by atoms with E-state index in [0.29, 0.717) is 12.8 Å². The number of hydrogen-bond donors (Lipinski definition) is 0. The maximum atomic E-state index is 10.6. The van der Waals surface area contributed by atoms with Crippen LogP contribution in [0.2, 0.25) is 0 Å². The third kappa shape index (κ3) is 4.96. The van der Waals surface area contributed by atoms with Gasteiger partial charge in [0.2, 0.25) is 10.5 Å². The van der Waals surface area contributed by atoms with Crippen molar-refractivity contribution >= 4 is 33.7 Å². The van der Waals surface area contributed by atoms with E-state index >= 15 is 0 Å². The zero-order chi connectivity index (χ0) is 11.3. The molecule has 1 aromatic rings. The van der Waals surface area contributed by atoms with Crippen molar-refractivity contribution in [3.05, 3.63) is 35.4 Å². The van der Waals surface area contributed by atoms with E-state index in [1.807, 2.05) is 24.3 Å². The van der Waals surface area contributed by atoms with Crippen molar-refractivity contribution in [3.8, 4) is 0 Å². The van der Waals surface area contributed by atoms with Crippen molar-refractivity contribution in [2.45, 2.75) is 19.3 Å². The van der Waals surface area contributed by atoms with Crippen LogP contribution in [0.5, 0.6) is 0 Å². The number of aryl methyl sites for hydroxylation is 1. The maximum absolute atomic E-state index is 10.6. The molecule has 0 bridgehead atoms. The topological polar surface area (TPSA) is 34.1 Å². The Balaban J connectivity index is 2.56. The molecule has 80 valence electrons. The Morgan fingerprint density at radius 1 is 0.933 bits per heavy atom. The van der Waals surface area contributed by atoms with E-state index in [1.54, 1.807) is 0 Å². The first-order valence-corrected chi connectivity index (χ1v) is 5.28. The largest absolute Gasteiger partial charge is 0.281 e. The van der Waals surface area contributed by atoms with E-state index in [2.05, 4.69) is 0 Å². The molecule has 0 fully saturated rings. The molecule has 0 saturated heterocycles. The number of hydrogen-bond acceptors (Lipinski definition) is 2. The van der Waals surface area contributed by atoms with Crippen LogP contribution in [-0.2, 0) is 22.4 Å². The Kier molecular flexibility index (Phi) is 4.79. The van der Waals surface area contributed by atoms with Gasteiger partial charge in [0.05, 0.1) is 0 Å². The molecule has 0 unspecified atom stereocenters. The smallest absolute Gasteiger partial charge is 0.226 e. The van der Waals surface area contributed by atoms with Gasteiger partial charge in [0.15, 0.2) is 0 Å². The molecule has 0 radical (unpaired) electrons. The lowest BCUT2D eigenvalue weighted by atomic mass is 10.1. The molecule has 2 nitrogen and oxygen atoms in total. The molecule has 0 saturated carbocycles. The number of benzene rings is 1. The number of rotatable bonds is 5. The van der Waals surface area contributed by atoms with Crippen LogP contribution in [-0.4, -0.2) is 10.5 Å². The predicted octanol–water partition coefficient (Wildman–Crippen LogP) is 2.69. The van der Waals surface area contributed by atoms with E-state index < -0.39 is 0 Å². The predicted molar refractivity (Wildman–Crippen MR) is 60.2 cm³/mol. The molecule has 1 aromatic carbocycles. The Hall–Kier alpha value is -0.860. The van der Waals surface area contributed by atoms with Crippen LogP contribution in [0, 0.1) is 0 Å². The fraction of sp³-hybridized carbons (Fsp3) is 0.273. The minimum Gasteiger partial charge on any atom is -0.281 e. The van der Waals surface area contributed by atoms with Crippen molar-refractivity contribution in [1.82, 2.24) is 0 Å². The summed E-state index contributed by atoms with van der Waals surface area (Å²) in [4.78, 5) is 21.1. The minimum absolute atomic E-state index is 0.232. The SMILES string of the molecule is O=C(Cl)CCc1ccc(CC(=O)Cl)cc1. The van der Waals surface area contributed by atoms with Crippen molar-refractivity contribution in [3.63, 3.8) is 0 Å². The summed E-state index contributed by atoms with van der Waals surface area (Å²) in [5, 5.41) is -0.714. The first-order valence-electron chi connectivity index (χ1n) is 4.52. The minimum atomic E-state index is -0.376. The molecule has 0 aliphatic rings. The zero-order valence-electron chi connectivity index (χ0n) is 8.00. The third-order valence-corrected chi connectivity index (χ3v) is 2.30. The van der Waals surface area contributed by atoms with Crippen molar-refractivity contribution < 1.29 is 9.59 Å². The standard InChI is InChI=1S/C11H10Cl2O2/c12-10(14)6-5-8-1-3-9(4-2-8)7-11(13)15/h1-4H,5-7H2. The van der Waals surface area contributed by atoms with Gasteiger partial charge < -0.3 is 0 Å². The van der Waals surface area contributed by atoms with Crippen LogP contribution >= 0.6 is 23.2 Å². The van der Waals surface area contributed by atoms with Gasteiger partial charge in [-0.3, -0.25) is 9.59 Å². The highest BCUT2D eigenvalue weighted by Gasteiger charge is 2.01. The van der Waals surface area contributed by atoms with Gasteiger partial charge in [-0.1, -0.05) is 24.3 Å². The normalized spacial score (nSPS) is 10.0. The molecule has 0 amide bonds. The van der Waals surface area contributed by atoms with Gasteiger partial charge in [0.25, 0.3) is 0 Å². The van der Waals surface area contributed by atoms with E-state index in [4.69, 9.17) is 23.2 Å². The van der Waals surface area contributed by atoms with Crippen molar-refractivity contribution in [1.29, 1.82) is 0 Å². The molecule has 0 heterocycles. The molecular weight excluding hydrogens is 235 g/mol.